The van der Waals surface area contributed by atoms with Gasteiger partial charge >= 0.3 is 0 Å². The number of nitrogens with one attached hydrogen (secondary N) is 1. The van der Waals surface area contributed by atoms with Crippen molar-refractivity contribution in [3.8, 4) is 0 Å². The average Bonchev–Trinajstić information content (AvgIpc) is 2.62. The first-order chi connectivity index (χ1) is 12.5. The van der Waals surface area contributed by atoms with Crippen LogP contribution in [0.15, 0.2) is 59.5 Å². The summed E-state index contributed by atoms with van der Waals surface area (Å²) in [5.41, 5.74) is 1.44. The summed E-state index contributed by atoms with van der Waals surface area (Å²) < 4.78 is 27.0. The topological polar surface area (TPSA) is 86.7 Å². The second-order valence-corrected chi connectivity index (χ2v) is 7.98. The van der Waals surface area contributed by atoms with Crippen LogP contribution in [0.4, 0.5) is 0 Å². The van der Waals surface area contributed by atoms with E-state index in [2.05, 4.69) is 4.72 Å². The maximum atomic E-state index is 12.8. The minimum atomic E-state index is -3.70. The molecule has 6 nitrogen and oxygen atoms in total. The number of rotatable bonds is 7. The van der Waals surface area contributed by atoms with E-state index in [4.69, 9.17) is 5.11 Å². The van der Waals surface area contributed by atoms with E-state index in [9.17, 15) is 13.2 Å². The molecule has 26 heavy (non-hydrogen) atoms. The fourth-order valence-electron chi connectivity index (χ4n) is 2.98. The van der Waals surface area contributed by atoms with Gasteiger partial charge in [-0.1, -0.05) is 36.4 Å². The molecule has 0 spiro atoms. The zero-order valence-electron chi connectivity index (χ0n) is 14.3. The van der Waals surface area contributed by atoms with Crippen LogP contribution in [-0.2, 0) is 10.0 Å². The van der Waals surface area contributed by atoms with Crippen LogP contribution in [0.3, 0.4) is 0 Å². The van der Waals surface area contributed by atoms with Crippen molar-refractivity contribution in [2.75, 3.05) is 19.7 Å². The maximum absolute atomic E-state index is 12.8. The molecular weight excluding hydrogens is 352 g/mol. The van der Waals surface area contributed by atoms with Gasteiger partial charge in [0.1, 0.15) is 0 Å². The van der Waals surface area contributed by atoms with Crippen molar-refractivity contribution in [3.05, 3.63) is 65.7 Å². The first-order valence-corrected chi connectivity index (χ1v) is 10.1. The van der Waals surface area contributed by atoms with Crippen molar-refractivity contribution in [1.29, 1.82) is 0 Å². The summed E-state index contributed by atoms with van der Waals surface area (Å²) in [4.78, 5) is 14.6. The van der Waals surface area contributed by atoms with Gasteiger partial charge in [0.25, 0.3) is 5.91 Å². The number of hydrogen-bond donors (Lipinski definition) is 2. The molecule has 138 valence electrons. The molecule has 2 aromatic carbocycles. The average molecular weight is 374 g/mol. The molecule has 0 aromatic heterocycles. The summed E-state index contributed by atoms with van der Waals surface area (Å²) in [5.74, 6) is -0.169. The standard InChI is InChI=1S/C19H22N2O4S/c22-13-5-11-20-26(24,25)17-9-4-8-16(14-17)19(23)21-12-10-18(21)15-6-2-1-3-7-15/h1-4,6-9,14,18,20,22H,5,10-13H2/t18-/m1/s1. The van der Waals surface area contributed by atoms with Gasteiger partial charge in [0, 0.05) is 25.3 Å². The van der Waals surface area contributed by atoms with Gasteiger partial charge in [-0.2, -0.15) is 0 Å². The number of aliphatic hydroxyl groups excluding tert-OH is 1. The summed E-state index contributed by atoms with van der Waals surface area (Å²) in [6.07, 6.45) is 1.24. The lowest BCUT2D eigenvalue weighted by molar-refractivity contribution is 0.0460. The molecule has 3 rings (SSSR count). The Labute approximate surface area is 153 Å². The van der Waals surface area contributed by atoms with Crippen LogP contribution in [0.1, 0.15) is 34.8 Å². The molecular formula is C19H22N2O4S. The van der Waals surface area contributed by atoms with E-state index >= 15 is 0 Å². The maximum Gasteiger partial charge on any atom is 0.254 e. The summed E-state index contributed by atoms with van der Waals surface area (Å²) in [6.45, 7) is 0.722. The smallest absolute Gasteiger partial charge is 0.254 e. The van der Waals surface area contributed by atoms with E-state index in [1.165, 1.54) is 12.1 Å². The second-order valence-electron chi connectivity index (χ2n) is 6.22. The van der Waals surface area contributed by atoms with Gasteiger partial charge in [-0.05, 0) is 36.6 Å². The zero-order valence-corrected chi connectivity index (χ0v) is 15.2. The molecule has 2 N–H and O–H groups in total. The number of nitrogens with zero attached hydrogens (tertiary/aromatic N) is 1. The van der Waals surface area contributed by atoms with E-state index in [0.717, 1.165) is 12.0 Å². The number of aliphatic hydroxyl groups is 1. The predicted molar refractivity (Wildman–Crippen MR) is 98.2 cm³/mol. The minimum Gasteiger partial charge on any atom is -0.396 e. The molecule has 1 amide bonds. The number of amides is 1. The van der Waals surface area contributed by atoms with Crippen molar-refractivity contribution in [2.24, 2.45) is 0 Å². The van der Waals surface area contributed by atoms with Gasteiger partial charge in [-0.25, -0.2) is 13.1 Å². The predicted octanol–water partition coefficient (Wildman–Crippen LogP) is 1.93. The molecule has 0 radical (unpaired) electrons. The van der Waals surface area contributed by atoms with E-state index in [0.29, 0.717) is 18.5 Å². The Morgan fingerprint density at radius 1 is 1.15 bits per heavy atom. The van der Waals surface area contributed by atoms with E-state index in [1.807, 2.05) is 30.3 Å². The summed E-state index contributed by atoms with van der Waals surface area (Å²) in [5, 5.41) is 8.78. The molecule has 1 heterocycles. The van der Waals surface area contributed by atoms with Crippen molar-refractivity contribution in [3.63, 3.8) is 0 Å². The van der Waals surface area contributed by atoms with Crippen LogP contribution in [0, 0.1) is 0 Å². The van der Waals surface area contributed by atoms with E-state index in [-0.39, 0.29) is 30.0 Å². The van der Waals surface area contributed by atoms with Crippen molar-refractivity contribution in [2.45, 2.75) is 23.8 Å². The number of sulfonamides is 1. The molecule has 0 saturated carbocycles. The number of benzene rings is 2. The third-order valence-electron chi connectivity index (χ3n) is 4.48. The van der Waals surface area contributed by atoms with Gasteiger partial charge in [0.05, 0.1) is 10.9 Å². The quantitative estimate of drug-likeness (QED) is 0.725. The molecule has 1 aliphatic rings. The van der Waals surface area contributed by atoms with Crippen molar-refractivity contribution in [1.82, 2.24) is 9.62 Å². The van der Waals surface area contributed by atoms with Crippen LogP contribution in [0.25, 0.3) is 0 Å². The number of carbonyl (C=O) groups excluding carboxylic acids is 1. The fraction of sp³-hybridized carbons (Fsp3) is 0.316. The summed E-state index contributed by atoms with van der Waals surface area (Å²) in [7, 11) is -3.70. The third-order valence-corrected chi connectivity index (χ3v) is 5.94. The number of hydrogen-bond acceptors (Lipinski definition) is 4. The normalized spacial score (nSPS) is 17.0. The fourth-order valence-corrected chi connectivity index (χ4v) is 4.10. The molecule has 7 heteroatoms. The second kappa shape index (κ2) is 7.99. The first kappa shape index (κ1) is 18.6. The number of carbonyl (C=O) groups is 1. The lowest BCUT2D eigenvalue weighted by Gasteiger charge is -2.41. The Balaban J connectivity index is 1.77. The highest BCUT2D eigenvalue weighted by Crippen LogP contribution is 2.34. The Hall–Kier alpha value is -2.22. The third kappa shape index (κ3) is 3.95. The highest BCUT2D eigenvalue weighted by Gasteiger charge is 2.34. The Morgan fingerprint density at radius 2 is 1.92 bits per heavy atom. The molecule has 0 unspecified atom stereocenters. The lowest BCUT2D eigenvalue weighted by atomic mass is 9.94. The van der Waals surface area contributed by atoms with E-state index in [1.54, 1.807) is 17.0 Å². The molecule has 1 atom stereocenters. The zero-order chi connectivity index (χ0) is 18.6. The molecule has 1 aliphatic heterocycles. The summed E-state index contributed by atoms with van der Waals surface area (Å²) >= 11 is 0. The minimum absolute atomic E-state index is 0.0339. The SMILES string of the molecule is O=C(c1cccc(S(=O)(=O)NCCCO)c1)N1CC[C@@H]1c1ccccc1. The van der Waals surface area contributed by atoms with Gasteiger partial charge in [0.15, 0.2) is 0 Å². The molecule has 1 saturated heterocycles. The molecule has 0 bridgehead atoms. The van der Waals surface area contributed by atoms with Crippen LogP contribution in [0.2, 0.25) is 0 Å². The van der Waals surface area contributed by atoms with E-state index < -0.39 is 10.0 Å². The van der Waals surface area contributed by atoms with Crippen LogP contribution >= 0.6 is 0 Å². The summed E-state index contributed by atoms with van der Waals surface area (Å²) in [6, 6.07) is 15.9. The van der Waals surface area contributed by atoms with Crippen LogP contribution in [0.5, 0.6) is 0 Å². The van der Waals surface area contributed by atoms with Gasteiger partial charge < -0.3 is 10.0 Å². The van der Waals surface area contributed by atoms with Crippen LogP contribution in [-0.4, -0.2) is 44.0 Å². The lowest BCUT2D eigenvalue weighted by Crippen LogP contribution is -2.45. The monoisotopic (exact) mass is 374 g/mol. The van der Waals surface area contributed by atoms with Gasteiger partial charge in [-0.3, -0.25) is 4.79 Å². The Bertz CT molecular complexity index is 868. The molecule has 1 fully saturated rings. The Kier molecular flexibility index (Phi) is 5.70. The highest BCUT2D eigenvalue weighted by molar-refractivity contribution is 7.89. The largest absolute Gasteiger partial charge is 0.396 e. The Morgan fingerprint density at radius 3 is 2.58 bits per heavy atom. The van der Waals surface area contributed by atoms with Crippen LogP contribution < -0.4 is 4.72 Å². The number of likely N-dealkylation sites (tertiary alicyclic amines) is 1. The highest BCUT2D eigenvalue weighted by atomic mass is 32.2. The molecule has 0 aliphatic carbocycles. The molecule has 2 aromatic rings. The van der Waals surface area contributed by atoms with Crippen molar-refractivity contribution >= 4 is 15.9 Å². The first-order valence-electron chi connectivity index (χ1n) is 8.59. The van der Waals surface area contributed by atoms with Gasteiger partial charge in [-0.15, -0.1) is 0 Å². The van der Waals surface area contributed by atoms with Crippen molar-refractivity contribution < 1.29 is 18.3 Å². The van der Waals surface area contributed by atoms with Gasteiger partial charge in [0.2, 0.25) is 10.0 Å².